The molecular formula is C52H43NO2P2. The third-order valence-corrected chi connectivity index (χ3v) is 17.2. The fourth-order valence-electron chi connectivity index (χ4n) is 8.10. The van der Waals surface area contributed by atoms with Crippen LogP contribution in [0.15, 0.2) is 206 Å². The predicted octanol–water partition coefficient (Wildman–Crippen LogP) is 11.0. The Labute approximate surface area is 335 Å². The van der Waals surface area contributed by atoms with Gasteiger partial charge in [0.05, 0.1) is 11.0 Å². The molecule has 0 atom stereocenters. The van der Waals surface area contributed by atoms with E-state index in [-0.39, 0.29) is 5.41 Å². The Morgan fingerprint density at radius 3 is 1.16 bits per heavy atom. The van der Waals surface area contributed by atoms with E-state index in [0.717, 1.165) is 70.4 Å². The summed E-state index contributed by atoms with van der Waals surface area (Å²) < 4.78 is 33.7. The first-order chi connectivity index (χ1) is 27.7. The van der Waals surface area contributed by atoms with E-state index in [0.29, 0.717) is 0 Å². The maximum Gasteiger partial charge on any atom is 0.171 e. The molecule has 278 valence electrons. The average molecular weight is 776 g/mol. The summed E-state index contributed by atoms with van der Waals surface area (Å²) in [6.45, 7) is 6.71. The van der Waals surface area contributed by atoms with Crippen molar-refractivity contribution in [2.75, 3.05) is 0 Å². The van der Waals surface area contributed by atoms with Gasteiger partial charge < -0.3 is 13.7 Å². The zero-order valence-corrected chi connectivity index (χ0v) is 34.1. The summed E-state index contributed by atoms with van der Waals surface area (Å²) in [7, 11) is -6.58. The summed E-state index contributed by atoms with van der Waals surface area (Å²) in [4.78, 5) is 0. The SMILES string of the molecule is CC(C)(C)c1ccc(-c2cccc(-n3c4ccc(P(=O)(c5ccccc5)c5ccccc5)cc4c4cc(P(=O)(c5ccccc5)c5ccccc5)ccc43)c2)cc1. The Bertz CT molecular complexity index is 2730. The Kier molecular flexibility index (Phi) is 9.33. The minimum Gasteiger partial charge on any atom is -0.309 e. The van der Waals surface area contributed by atoms with Crippen LogP contribution in [0.5, 0.6) is 0 Å². The summed E-state index contributed by atoms with van der Waals surface area (Å²) in [6, 6.07) is 69.3. The minimum atomic E-state index is -3.29. The molecule has 0 N–H and O–H groups in total. The van der Waals surface area contributed by atoms with Crippen molar-refractivity contribution in [3.05, 3.63) is 212 Å². The van der Waals surface area contributed by atoms with Crippen molar-refractivity contribution in [3.63, 3.8) is 0 Å². The molecule has 1 heterocycles. The smallest absolute Gasteiger partial charge is 0.171 e. The number of rotatable bonds is 8. The molecule has 9 aromatic rings. The average Bonchev–Trinajstić information content (AvgIpc) is 3.60. The molecule has 0 aliphatic heterocycles. The maximum absolute atomic E-state index is 15.7. The zero-order chi connectivity index (χ0) is 39.2. The molecule has 0 unspecified atom stereocenters. The highest BCUT2D eigenvalue weighted by atomic mass is 31.2. The molecule has 0 spiro atoms. The van der Waals surface area contributed by atoms with E-state index in [9.17, 15) is 0 Å². The van der Waals surface area contributed by atoms with Crippen molar-refractivity contribution in [2.45, 2.75) is 26.2 Å². The van der Waals surface area contributed by atoms with Crippen LogP contribution in [0.2, 0.25) is 0 Å². The number of nitrogens with zero attached hydrogens (tertiary/aromatic N) is 1. The van der Waals surface area contributed by atoms with Gasteiger partial charge in [0.15, 0.2) is 14.3 Å². The van der Waals surface area contributed by atoms with Gasteiger partial charge in [-0.25, -0.2) is 0 Å². The van der Waals surface area contributed by atoms with Crippen LogP contribution >= 0.6 is 14.3 Å². The topological polar surface area (TPSA) is 39.1 Å². The van der Waals surface area contributed by atoms with Gasteiger partial charge in [-0.1, -0.05) is 178 Å². The molecule has 0 radical (unpaired) electrons. The van der Waals surface area contributed by atoms with Gasteiger partial charge in [-0.05, 0) is 70.6 Å². The summed E-state index contributed by atoms with van der Waals surface area (Å²) in [5.74, 6) is 0. The number of hydrogen-bond donors (Lipinski definition) is 0. The first kappa shape index (κ1) is 36.6. The van der Waals surface area contributed by atoms with Crippen molar-refractivity contribution < 1.29 is 9.13 Å². The fraction of sp³-hybridized carbons (Fsp3) is 0.0769. The predicted molar refractivity (Wildman–Crippen MR) is 244 cm³/mol. The second-order valence-corrected chi connectivity index (χ2v) is 21.2. The Morgan fingerprint density at radius 2 is 0.772 bits per heavy atom. The maximum atomic E-state index is 15.7. The quantitative estimate of drug-likeness (QED) is 0.144. The van der Waals surface area contributed by atoms with Gasteiger partial charge in [-0.15, -0.1) is 0 Å². The first-order valence-electron chi connectivity index (χ1n) is 19.4. The molecule has 5 heteroatoms. The number of fused-ring (bicyclic) bond motifs is 3. The lowest BCUT2D eigenvalue weighted by atomic mass is 9.86. The first-order valence-corrected chi connectivity index (χ1v) is 22.8. The molecule has 0 saturated heterocycles. The van der Waals surface area contributed by atoms with E-state index in [4.69, 9.17) is 0 Å². The summed E-state index contributed by atoms with van der Waals surface area (Å²) >= 11 is 0. The van der Waals surface area contributed by atoms with Crippen LogP contribution in [-0.2, 0) is 14.5 Å². The molecule has 0 saturated carbocycles. The summed E-state index contributed by atoms with van der Waals surface area (Å²) in [5, 5.41) is 6.52. The van der Waals surface area contributed by atoms with Crippen LogP contribution in [-0.4, -0.2) is 4.57 Å². The normalized spacial score (nSPS) is 12.3. The Balaban J connectivity index is 1.31. The number of aromatic nitrogens is 1. The lowest BCUT2D eigenvalue weighted by molar-refractivity contribution is 0.590. The van der Waals surface area contributed by atoms with E-state index in [2.05, 4.69) is 98.1 Å². The van der Waals surface area contributed by atoms with Crippen molar-refractivity contribution in [1.29, 1.82) is 0 Å². The molecule has 0 aliphatic rings. The fourth-order valence-corrected chi connectivity index (χ4v) is 13.5. The highest BCUT2D eigenvalue weighted by molar-refractivity contribution is 7.85. The van der Waals surface area contributed by atoms with Gasteiger partial charge in [0, 0.05) is 48.3 Å². The third-order valence-electron chi connectivity index (χ3n) is 11.1. The lowest BCUT2D eigenvalue weighted by Crippen LogP contribution is -2.25. The second kappa shape index (κ2) is 14.5. The van der Waals surface area contributed by atoms with Crippen LogP contribution in [0, 0.1) is 0 Å². The number of hydrogen-bond acceptors (Lipinski definition) is 2. The molecule has 1 aromatic heterocycles. The molecular weight excluding hydrogens is 733 g/mol. The molecule has 0 bridgehead atoms. The van der Waals surface area contributed by atoms with Gasteiger partial charge in [-0.3, -0.25) is 0 Å². The van der Waals surface area contributed by atoms with E-state index in [1.54, 1.807) is 0 Å². The van der Waals surface area contributed by atoms with E-state index >= 15 is 9.13 Å². The van der Waals surface area contributed by atoms with Crippen molar-refractivity contribution >= 4 is 67.9 Å². The van der Waals surface area contributed by atoms with Gasteiger partial charge in [0.2, 0.25) is 0 Å². The molecule has 0 aliphatic carbocycles. The van der Waals surface area contributed by atoms with Crippen molar-refractivity contribution in [1.82, 2.24) is 4.57 Å². The molecule has 0 fully saturated rings. The van der Waals surface area contributed by atoms with Crippen LogP contribution in [0.3, 0.4) is 0 Å². The summed E-state index contributed by atoms with van der Waals surface area (Å²) in [5.41, 5.74) is 6.59. The summed E-state index contributed by atoms with van der Waals surface area (Å²) in [6.07, 6.45) is 0. The highest BCUT2D eigenvalue weighted by Gasteiger charge is 2.32. The standard InChI is InChI=1S/C52H43NO2P2/c1-52(2,3)40-29-27-38(28-30-40)39-17-16-18-41(35-39)53-50-33-31-46(56(54,42-19-8-4-9-20-42)43-21-10-5-11-22-43)36-48(50)49-37-47(32-34-51(49)53)57(55,44-23-12-6-13-24-44)45-25-14-7-15-26-45/h4-37H,1-3H3. The van der Waals surface area contributed by atoms with Gasteiger partial charge in [0.25, 0.3) is 0 Å². The van der Waals surface area contributed by atoms with Gasteiger partial charge in [-0.2, -0.15) is 0 Å². The molecule has 57 heavy (non-hydrogen) atoms. The Hall–Kier alpha value is -5.98. The lowest BCUT2D eigenvalue weighted by Gasteiger charge is -2.20. The third kappa shape index (κ3) is 6.42. The largest absolute Gasteiger partial charge is 0.309 e. The van der Waals surface area contributed by atoms with Crippen LogP contribution < -0.4 is 31.8 Å². The molecule has 3 nitrogen and oxygen atoms in total. The highest BCUT2D eigenvalue weighted by Crippen LogP contribution is 2.46. The monoisotopic (exact) mass is 775 g/mol. The number of benzene rings is 8. The van der Waals surface area contributed by atoms with Crippen LogP contribution in [0.4, 0.5) is 0 Å². The van der Waals surface area contributed by atoms with Crippen molar-refractivity contribution in [2.24, 2.45) is 0 Å². The molecule has 0 amide bonds. The van der Waals surface area contributed by atoms with Gasteiger partial charge in [0.1, 0.15) is 0 Å². The molecule has 9 rings (SSSR count). The van der Waals surface area contributed by atoms with E-state index in [1.165, 1.54) is 5.56 Å². The van der Waals surface area contributed by atoms with Crippen LogP contribution in [0.1, 0.15) is 26.3 Å². The van der Waals surface area contributed by atoms with Crippen LogP contribution in [0.25, 0.3) is 38.6 Å². The minimum absolute atomic E-state index is 0.0665. The van der Waals surface area contributed by atoms with Gasteiger partial charge >= 0.3 is 0 Å². The molecule has 8 aromatic carbocycles. The van der Waals surface area contributed by atoms with E-state index in [1.807, 2.05) is 133 Å². The van der Waals surface area contributed by atoms with Crippen molar-refractivity contribution in [3.8, 4) is 16.8 Å². The second-order valence-electron chi connectivity index (χ2n) is 15.7. The zero-order valence-electron chi connectivity index (χ0n) is 32.3. The Morgan fingerprint density at radius 1 is 0.368 bits per heavy atom. The van der Waals surface area contributed by atoms with E-state index < -0.39 is 14.3 Å².